The van der Waals surface area contributed by atoms with Gasteiger partial charge < -0.3 is 15.2 Å². The fraction of sp³-hybridized carbons (Fsp3) is 0.533. The van der Waals surface area contributed by atoms with Gasteiger partial charge in [0.05, 0.1) is 24.7 Å². The van der Waals surface area contributed by atoms with Gasteiger partial charge in [-0.05, 0) is 24.0 Å². The van der Waals surface area contributed by atoms with Gasteiger partial charge in [0.2, 0.25) is 5.91 Å². The highest BCUT2D eigenvalue weighted by Crippen LogP contribution is 2.31. The zero-order chi connectivity index (χ0) is 13.2. The number of rotatable bonds is 2. The van der Waals surface area contributed by atoms with Crippen LogP contribution in [-0.2, 0) is 16.0 Å². The molecule has 4 heteroatoms. The number of aliphatic hydroxyl groups excluding tert-OH is 1. The lowest BCUT2D eigenvalue weighted by molar-refractivity contribution is -0.130. The second-order valence-electron chi connectivity index (χ2n) is 5.37. The first-order valence-electron chi connectivity index (χ1n) is 6.89. The van der Waals surface area contributed by atoms with E-state index in [0.717, 1.165) is 30.6 Å². The molecule has 0 aromatic heterocycles. The molecule has 1 aromatic carbocycles. The predicted molar refractivity (Wildman–Crippen MR) is 70.6 cm³/mol. The maximum atomic E-state index is 12.2. The third-order valence-electron chi connectivity index (χ3n) is 4.03. The molecule has 1 aromatic rings. The zero-order valence-corrected chi connectivity index (χ0v) is 10.8. The van der Waals surface area contributed by atoms with Crippen LogP contribution in [0.15, 0.2) is 24.3 Å². The van der Waals surface area contributed by atoms with Crippen LogP contribution in [0, 0.1) is 5.92 Å². The molecule has 0 spiro atoms. The van der Waals surface area contributed by atoms with Crippen LogP contribution in [-0.4, -0.2) is 30.3 Å². The van der Waals surface area contributed by atoms with Crippen molar-refractivity contribution >= 4 is 5.91 Å². The van der Waals surface area contributed by atoms with Crippen LogP contribution in [0.2, 0.25) is 0 Å². The van der Waals surface area contributed by atoms with Crippen molar-refractivity contribution in [2.24, 2.45) is 5.92 Å². The van der Waals surface area contributed by atoms with Crippen LogP contribution in [0.1, 0.15) is 30.0 Å². The Morgan fingerprint density at radius 3 is 3.00 bits per heavy atom. The number of carbonyl (C=O) groups excluding carboxylic acids is 1. The Morgan fingerprint density at radius 2 is 2.21 bits per heavy atom. The van der Waals surface area contributed by atoms with E-state index >= 15 is 0 Å². The monoisotopic (exact) mass is 261 g/mol. The first-order chi connectivity index (χ1) is 9.25. The van der Waals surface area contributed by atoms with Gasteiger partial charge in [0.1, 0.15) is 0 Å². The highest BCUT2D eigenvalue weighted by atomic mass is 16.5. The molecule has 1 heterocycles. The van der Waals surface area contributed by atoms with Crippen LogP contribution in [0.25, 0.3) is 0 Å². The highest BCUT2D eigenvalue weighted by molar-refractivity contribution is 5.79. The average Bonchev–Trinajstić information content (AvgIpc) is 2.76. The van der Waals surface area contributed by atoms with Crippen molar-refractivity contribution in [1.29, 1.82) is 0 Å². The van der Waals surface area contributed by atoms with Crippen LogP contribution in [0.4, 0.5) is 0 Å². The SMILES string of the molecule is O=C(NC1c2ccccc2CC1O)C1CCCOC1. The third-order valence-corrected chi connectivity index (χ3v) is 4.03. The van der Waals surface area contributed by atoms with Crippen molar-refractivity contribution in [2.75, 3.05) is 13.2 Å². The summed E-state index contributed by atoms with van der Waals surface area (Å²) in [4.78, 5) is 12.2. The van der Waals surface area contributed by atoms with Gasteiger partial charge >= 0.3 is 0 Å². The zero-order valence-electron chi connectivity index (χ0n) is 10.8. The summed E-state index contributed by atoms with van der Waals surface area (Å²) in [6, 6.07) is 7.62. The molecule has 3 rings (SSSR count). The van der Waals surface area contributed by atoms with E-state index in [4.69, 9.17) is 4.74 Å². The number of aliphatic hydroxyl groups is 1. The van der Waals surface area contributed by atoms with Crippen molar-refractivity contribution in [3.8, 4) is 0 Å². The second-order valence-corrected chi connectivity index (χ2v) is 5.37. The molecule has 3 unspecified atom stereocenters. The van der Waals surface area contributed by atoms with Gasteiger partial charge in [-0.15, -0.1) is 0 Å². The van der Waals surface area contributed by atoms with E-state index in [2.05, 4.69) is 5.32 Å². The Kier molecular flexibility index (Phi) is 3.53. The normalized spacial score (nSPS) is 29.8. The number of hydrogen-bond donors (Lipinski definition) is 2. The fourth-order valence-corrected chi connectivity index (χ4v) is 2.97. The Labute approximate surface area is 112 Å². The molecule has 1 saturated heterocycles. The Hall–Kier alpha value is -1.39. The number of nitrogens with one attached hydrogen (secondary N) is 1. The molecule has 1 fully saturated rings. The first kappa shape index (κ1) is 12.6. The summed E-state index contributed by atoms with van der Waals surface area (Å²) in [5.41, 5.74) is 2.17. The number of fused-ring (bicyclic) bond motifs is 1. The lowest BCUT2D eigenvalue weighted by Crippen LogP contribution is -2.40. The van der Waals surface area contributed by atoms with Gasteiger partial charge in [-0.3, -0.25) is 4.79 Å². The van der Waals surface area contributed by atoms with Crippen molar-refractivity contribution in [1.82, 2.24) is 5.32 Å². The lowest BCUT2D eigenvalue weighted by Gasteiger charge is -2.25. The molecule has 1 amide bonds. The molecule has 2 aliphatic rings. The van der Waals surface area contributed by atoms with Gasteiger partial charge in [-0.25, -0.2) is 0 Å². The molecule has 102 valence electrons. The van der Waals surface area contributed by atoms with Crippen LogP contribution >= 0.6 is 0 Å². The minimum absolute atomic E-state index is 0.000420. The molecule has 1 aliphatic heterocycles. The van der Waals surface area contributed by atoms with E-state index in [9.17, 15) is 9.90 Å². The molecule has 3 atom stereocenters. The van der Waals surface area contributed by atoms with Gasteiger partial charge in [0.25, 0.3) is 0 Å². The summed E-state index contributed by atoms with van der Waals surface area (Å²) < 4.78 is 5.34. The average molecular weight is 261 g/mol. The van der Waals surface area contributed by atoms with Crippen LogP contribution in [0.5, 0.6) is 0 Å². The van der Waals surface area contributed by atoms with E-state index in [0.29, 0.717) is 13.0 Å². The lowest BCUT2D eigenvalue weighted by atomic mass is 10.00. The van der Waals surface area contributed by atoms with E-state index in [-0.39, 0.29) is 17.9 Å². The maximum Gasteiger partial charge on any atom is 0.226 e. The minimum Gasteiger partial charge on any atom is -0.390 e. The van der Waals surface area contributed by atoms with Crippen molar-refractivity contribution < 1.29 is 14.6 Å². The summed E-state index contributed by atoms with van der Waals surface area (Å²) in [6.07, 6.45) is 1.89. The summed E-state index contributed by atoms with van der Waals surface area (Å²) in [5, 5.41) is 13.1. The molecule has 2 N–H and O–H groups in total. The van der Waals surface area contributed by atoms with Gasteiger partial charge in [-0.2, -0.15) is 0 Å². The van der Waals surface area contributed by atoms with Crippen LogP contribution < -0.4 is 5.32 Å². The minimum atomic E-state index is -0.522. The standard InChI is InChI=1S/C15H19NO3/c17-13-8-10-4-1-2-6-12(10)14(13)16-15(18)11-5-3-7-19-9-11/h1-2,4,6,11,13-14,17H,3,5,7-9H2,(H,16,18). The first-order valence-corrected chi connectivity index (χ1v) is 6.89. The Balaban J connectivity index is 1.71. The molecular formula is C15H19NO3. The Morgan fingerprint density at radius 1 is 1.37 bits per heavy atom. The van der Waals surface area contributed by atoms with E-state index in [1.165, 1.54) is 0 Å². The number of amides is 1. The van der Waals surface area contributed by atoms with Gasteiger partial charge in [0.15, 0.2) is 0 Å². The molecule has 19 heavy (non-hydrogen) atoms. The predicted octanol–water partition coefficient (Wildman–Crippen LogP) is 1.19. The Bertz CT molecular complexity index is 468. The van der Waals surface area contributed by atoms with Crippen molar-refractivity contribution in [3.05, 3.63) is 35.4 Å². The van der Waals surface area contributed by atoms with Gasteiger partial charge in [-0.1, -0.05) is 24.3 Å². The van der Waals surface area contributed by atoms with Gasteiger partial charge in [0, 0.05) is 13.0 Å². The molecule has 4 nitrogen and oxygen atoms in total. The fourth-order valence-electron chi connectivity index (χ4n) is 2.97. The van der Waals surface area contributed by atoms with E-state index in [1.807, 2.05) is 24.3 Å². The number of carbonyl (C=O) groups is 1. The quantitative estimate of drug-likeness (QED) is 0.840. The van der Waals surface area contributed by atoms with E-state index in [1.54, 1.807) is 0 Å². The van der Waals surface area contributed by atoms with Crippen LogP contribution in [0.3, 0.4) is 0 Å². The largest absolute Gasteiger partial charge is 0.390 e. The number of ether oxygens (including phenoxy) is 1. The van der Waals surface area contributed by atoms with E-state index < -0.39 is 6.10 Å². The topological polar surface area (TPSA) is 58.6 Å². The summed E-state index contributed by atoms with van der Waals surface area (Å²) in [5.74, 6) is -0.0748. The van der Waals surface area contributed by atoms with Crippen molar-refractivity contribution in [3.63, 3.8) is 0 Å². The second kappa shape index (κ2) is 5.31. The smallest absolute Gasteiger partial charge is 0.226 e. The number of hydrogen-bond acceptors (Lipinski definition) is 3. The third kappa shape index (κ3) is 2.51. The van der Waals surface area contributed by atoms with Crippen molar-refractivity contribution in [2.45, 2.75) is 31.4 Å². The number of benzene rings is 1. The molecule has 0 bridgehead atoms. The summed E-state index contributed by atoms with van der Waals surface area (Å²) in [6.45, 7) is 1.25. The highest BCUT2D eigenvalue weighted by Gasteiger charge is 2.33. The molecular weight excluding hydrogens is 242 g/mol. The molecule has 0 radical (unpaired) electrons. The maximum absolute atomic E-state index is 12.2. The summed E-state index contributed by atoms with van der Waals surface area (Å²) in [7, 11) is 0. The summed E-state index contributed by atoms with van der Waals surface area (Å²) >= 11 is 0. The molecule has 1 aliphatic carbocycles. The molecule has 0 saturated carbocycles.